The van der Waals surface area contributed by atoms with E-state index in [1.807, 2.05) is 6.21 Å². The molecule has 72 valence electrons. The molecule has 1 atom stereocenters. The van der Waals surface area contributed by atoms with Crippen molar-refractivity contribution < 1.29 is 0 Å². The van der Waals surface area contributed by atoms with Crippen molar-refractivity contribution in [3.63, 3.8) is 0 Å². The molecule has 1 nitrogen and oxygen atoms in total. The zero-order valence-corrected chi connectivity index (χ0v) is 9.74. The van der Waals surface area contributed by atoms with E-state index in [-0.39, 0.29) is 15.4 Å². The van der Waals surface area contributed by atoms with E-state index in [0.29, 0.717) is 5.92 Å². The molecule has 0 rings (SSSR count). The molecule has 0 aliphatic heterocycles. The van der Waals surface area contributed by atoms with Crippen molar-refractivity contribution in [1.29, 1.82) is 0 Å². The van der Waals surface area contributed by atoms with Crippen LogP contribution in [0.2, 0.25) is 0 Å². The first-order valence-corrected chi connectivity index (χ1v) is 5.76. The van der Waals surface area contributed by atoms with Crippen LogP contribution in [0, 0.1) is 5.92 Å². The third-order valence-corrected chi connectivity index (χ3v) is 3.30. The molecule has 0 heterocycles. The first kappa shape index (κ1) is 11.9. The first-order chi connectivity index (χ1) is 5.34. The average molecular weight is 187 g/mol. The van der Waals surface area contributed by atoms with Gasteiger partial charge in [-0.25, -0.2) is 4.40 Å². The Balaban J connectivity index is 3.93. The van der Waals surface area contributed by atoms with Crippen LogP contribution in [0.15, 0.2) is 4.40 Å². The van der Waals surface area contributed by atoms with Gasteiger partial charge < -0.3 is 0 Å². The van der Waals surface area contributed by atoms with Gasteiger partial charge in [0.05, 0.1) is 0 Å². The Morgan fingerprint density at radius 3 is 2.25 bits per heavy atom. The maximum atomic E-state index is 4.43. The van der Waals surface area contributed by atoms with E-state index < -0.39 is 0 Å². The van der Waals surface area contributed by atoms with Crippen LogP contribution < -0.4 is 0 Å². The summed E-state index contributed by atoms with van der Waals surface area (Å²) in [6, 6.07) is 0. The van der Waals surface area contributed by atoms with Crippen molar-refractivity contribution >= 4 is 22.8 Å². The van der Waals surface area contributed by atoms with Crippen LogP contribution in [-0.2, 0) is 0 Å². The molecule has 0 radical (unpaired) electrons. The highest BCUT2D eigenvalue weighted by Crippen LogP contribution is 2.30. The van der Waals surface area contributed by atoms with Gasteiger partial charge in [-0.3, -0.25) is 0 Å². The molecule has 0 aromatic rings. The lowest BCUT2D eigenvalue weighted by atomic mass is 10.2. The van der Waals surface area contributed by atoms with E-state index in [2.05, 4.69) is 44.9 Å². The summed E-state index contributed by atoms with van der Waals surface area (Å²) < 4.78 is 4.64. The molecule has 0 saturated heterocycles. The number of nitrogens with zero attached hydrogens (tertiary/aromatic N) is 1. The second kappa shape index (κ2) is 4.80. The predicted molar refractivity (Wildman–Crippen MR) is 62.4 cm³/mol. The largest absolute Gasteiger partial charge is 0.236 e. The molecule has 0 aliphatic rings. The van der Waals surface area contributed by atoms with Gasteiger partial charge in [0.1, 0.15) is 0 Å². The second-order valence-electron chi connectivity index (χ2n) is 4.39. The minimum absolute atomic E-state index is 0.0843. The third-order valence-electron chi connectivity index (χ3n) is 1.49. The van der Waals surface area contributed by atoms with Crippen molar-refractivity contribution in [2.45, 2.75) is 45.8 Å². The molecule has 0 N–H and O–H groups in total. The van der Waals surface area contributed by atoms with Crippen LogP contribution in [0.25, 0.3) is 0 Å². The molecular formula is C10H21NS. The Morgan fingerprint density at radius 2 is 1.92 bits per heavy atom. The Kier molecular flexibility index (Phi) is 4.76. The standard InChI is InChI=1S/C10H21NS/c1-9(2)7-8-11-12(6)10(3,4)5/h8-9H,6-7H2,1-5H3. The lowest BCUT2D eigenvalue weighted by Gasteiger charge is -2.18. The molecule has 12 heavy (non-hydrogen) atoms. The van der Waals surface area contributed by atoms with Gasteiger partial charge in [0.2, 0.25) is 0 Å². The minimum Gasteiger partial charge on any atom is -0.236 e. The zero-order chi connectivity index (χ0) is 9.78. The van der Waals surface area contributed by atoms with Gasteiger partial charge in [0, 0.05) is 11.0 Å². The molecule has 0 fully saturated rings. The quantitative estimate of drug-likeness (QED) is 0.473. The summed E-state index contributed by atoms with van der Waals surface area (Å²) >= 11 is 0. The van der Waals surface area contributed by atoms with Crippen LogP contribution in [0.1, 0.15) is 41.0 Å². The lowest BCUT2D eigenvalue weighted by Crippen LogP contribution is -2.08. The summed E-state index contributed by atoms with van der Waals surface area (Å²) in [5.41, 5.74) is 0. The fraction of sp³-hybridized carbons (Fsp3) is 0.800. The van der Waals surface area contributed by atoms with Crippen LogP contribution in [0.5, 0.6) is 0 Å². The van der Waals surface area contributed by atoms with E-state index in [1.165, 1.54) is 0 Å². The van der Waals surface area contributed by atoms with Crippen LogP contribution in [0.4, 0.5) is 0 Å². The van der Waals surface area contributed by atoms with Crippen LogP contribution in [0.3, 0.4) is 0 Å². The molecule has 0 aromatic carbocycles. The number of hydrogen-bond acceptors (Lipinski definition) is 1. The molecule has 1 unspecified atom stereocenters. The summed E-state index contributed by atoms with van der Waals surface area (Å²) in [4.78, 5) is 0. The monoisotopic (exact) mass is 187 g/mol. The molecule has 0 bridgehead atoms. The van der Waals surface area contributed by atoms with Gasteiger partial charge in [0.15, 0.2) is 0 Å². The Bertz CT molecular complexity index is 175. The number of rotatable bonds is 3. The number of hydrogen-bond donors (Lipinski definition) is 0. The van der Waals surface area contributed by atoms with Crippen LogP contribution >= 0.6 is 10.7 Å². The van der Waals surface area contributed by atoms with Gasteiger partial charge in [-0.15, -0.1) is 0 Å². The maximum Gasteiger partial charge on any atom is 0.0220 e. The predicted octanol–water partition coefficient (Wildman–Crippen LogP) is 3.52. The fourth-order valence-corrected chi connectivity index (χ4v) is 1.08. The van der Waals surface area contributed by atoms with Gasteiger partial charge in [0.25, 0.3) is 0 Å². The highest BCUT2D eigenvalue weighted by Gasteiger charge is 2.11. The normalized spacial score (nSPS) is 15.8. The topological polar surface area (TPSA) is 12.4 Å². The molecule has 0 spiro atoms. The van der Waals surface area contributed by atoms with Gasteiger partial charge >= 0.3 is 0 Å². The Morgan fingerprint density at radius 1 is 1.42 bits per heavy atom. The third kappa shape index (κ3) is 5.53. The zero-order valence-electron chi connectivity index (χ0n) is 8.92. The molecule has 0 saturated carbocycles. The fourth-order valence-electron chi connectivity index (χ4n) is 0.502. The van der Waals surface area contributed by atoms with Gasteiger partial charge in [-0.05, 0) is 33.1 Å². The average Bonchev–Trinajstić information content (AvgIpc) is 1.84. The van der Waals surface area contributed by atoms with Crippen molar-refractivity contribution in [3.05, 3.63) is 0 Å². The Hall–Kier alpha value is -0.110. The van der Waals surface area contributed by atoms with Crippen molar-refractivity contribution in [3.8, 4) is 0 Å². The molecule has 0 aliphatic carbocycles. The van der Waals surface area contributed by atoms with Crippen molar-refractivity contribution in [2.75, 3.05) is 0 Å². The first-order valence-electron chi connectivity index (χ1n) is 4.40. The van der Waals surface area contributed by atoms with E-state index in [4.69, 9.17) is 0 Å². The summed E-state index contributed by atoms with van der Waals surface area (Å²) in [6.45, 7) is 10.9. The highest BCUT2D eigenvalue weighted by molar-refractivity contribution is 8.14. The van der Waals surface area contributed by atoms with Gasteiger partial charge in [-0.2, -0.15) is 0 Å². The molecule has 0 amide bonds. The summed E-state index contributed by atoms with van der Waals surface area (Å²) in [6.07, 6.45) is 3.08. The summed E-state index contributed by atoms with van der Waals surface area (Å²) in [5.74, 6) is 4.74. The molecular weight excluding hydrogens is 166 g/mol. The minimum atomic E-state index is -0.0843. The second-order valence-corrected chi connectivity index (χ2v) is 6.56. The van der Waals surface area contributed by atoms with Crippen molar-refractivity contribution in [1.82, 2.24) is 0 Å². The lowest BCUT2D eigenvalue weighted by molar-refractivity contribution is 0.691. The van der Waals surface area contributed by atoms with E-state index >= 15 is 0 Å². The summed E-state index contributed by atoms with van der Waals surface area (Å²) in [5, 5.41) is 0. The van der Waals surface area contributed by atoms with Gasteiger partial charge in [-0.1, -0.05) is 30.4 Å². The van der Waals surface area contributed by atoms with Crippen molar-refractivity contribution in [2.24, 2.45) is 10.3 Å². The smallest absolute Gasteiger partial charge is 0.0220 e. The molecule has 0 aromatic heterocycles. The maximum absolute atomic E-state index is 4.43. The van der Waals surface area contributed by atoms with Crippen LogP contribution in [-0.4, -0.2) is 16.8 Å². The highest BCUT2D eigenvalue weighted by atomic mass is 32.2. The van der Waals surface area contributed by atoms with E-state index in [1.54, 1.807) is 0 Å². The Labute approximate surface area is 79.3 Å². The van der Waals surface area contributed by atoms with E-state index in [9.17, 15) is 0 Å². The van der Waals surface area contributed by atoms with E-state index in [0.717, 1.165) is 6.42 Å². The summed E-state index contributed by atoms with van der Waals surface area (Å²) in [7, 11) is -0.0843. The molecule has 2 heteroatoms. The SMILES string of the molecule is C=S(N=CCC(C)C)C(C)(C)C.